The molecule has 1 fully saturated rings. The number of alkyl halides is 1. The van der Waals surface area contributed by atoms with Gasteiger partial charge in [0.15, 0.2) is 0 Å². The molecule has 1 nitrogen and oxygen atoms in total. The van der Waals surface area contributed by atoms with Gasteiger partial charge in [-0.25, -0.2) is 0 Å². The first kappa shape index (κ1) is 9.97. The van der Waals surface area contributed by atoms with Crippen LogP contribution in [0, 0.1) is 11.8 Å². The maximum atomic E-state index is 11.7. The van der Waals surface area contributed by atoms with Crippen molar-refractivity contribution in [3.63, 3.8) is 0 Å². The zero-order valence-electron chi connectivity index (χ0n) is 7.98. The third-order valence-electron chi connectivity index (χ3n) is 2.72. The summed E-state index contributed by atoms with van der Waals surface area (Å²) < 4.78 is 11.7. The molecule has 1 aliphatic carbocycles. The predicted molar refractivity (Wildman–Crippen MR) is 50.0 cm³/mol. The van der Waals surface area contributed by atoms with Crippen LogP contribution in [0.25, 0.3) is 0 Å². The smallest absolute Gasteiger partial charge is 0.0906 e. The van der Waals surface area contributed by atoms with Gasteiger partial charge in [-0.1, -0.05) is 13.3 Å². The molecule has 0 aromatic carbocycles. The summed E-state index contributed by atoms with van der Waals surface area (Å²) >= 11 is 0. The van der Waals surface area contributed by atoms with Crippen LogP contribution in [0.5, 0.6) is 0 Å². The number of halogens is 1. The fraction of sp³-hybridized carbons (Fsp3) is 1.00. The summed E-state index contributed by atoms with van der Waals surface area (Å²) in [4.78, 5) is 0. The van der Waals surface area contributed by atoms with Gasteiger partial charge in [0.25, 0.3) is 0 Å². The van der Waals surface area contributed by atoms with Crippen molar-refractivity contribution in [3.05, 3.63) is 0 Å². The molecular weight excluding hydrogens is 153 g/mol. The lowest BCUT2D eigenvalue weighted by Gasteiger charge is -2.09. The van der Waals surface area contributed by atoms with Crippen molar-refractivity contribution in [3.8, 4) is 0 Å². The van der Waals surface area contributed by atoms with Gasteiger partial charge in [0.2, 0.25) is 0 Å². The molecule has 0 amide bonds. The monoisotopic (exact) mass is 173 g/mol. The second kappa shape index (κ2) is 5.52. The van der Waals surface area contributed by atoms with E-state index in [-0.39, 0.29) is 6.67 Å². The van der Waals surface area contributed by atoms with Crippen molar-refractivity contribution in [2.45, 2.75) is 32.6 Å². The normalized spacial score (nSPS) is 29.5. The Balaban J connectivity index is 1.93. The first-order chi connectivity index (χ1) is 5.83. The fourth-order valence-corrected chi connectivity index (χ4v) is 2.01. The molecule has 1 rings (SSSR count). The van der Waals surface area contributed by atoms with Crippen LogP contribution in [-0.4, -0.2) is 19.8 Å². The van der Waals surface area contributed by atoms with Gasteiger partial charge < -0.3 is 5.32 Å². The van der Waals surface area contributed by atoms with Gasteiger partial charge in [-0.15, -0.1) is 0 Å². The summed E-state index contributed by atoms with van der Waals surface area (Å²) in [5.41, 5.74) is 0. The highest BCUT2D eigenvalue weighted by Gasteiger charge is 2.20. The molecule has 1 N–H and O–H groups in total. The molecule has 0 bridgehead atoms. The van der Waals surface area contributed by atoms with Crippen LogP contribution in [-0.2, 0) is 0 Å². The molecular formula is C10H20FN. The molecule has 1 saturated carbocycles. The summed E-state index contributed by atoms with van der Waals surface area (Å²) in [7, 11) is 0. The van der Waals surface area contributed by atoms with Gasteiger partial charge in [-0.3, -0.25) is 4.39 Å². The molecule has 72 valence electrons. The van der Waals surface area contributed by atoms with E-state index < -0.39 is 0 Å². The largest absolute Gasteiger partial charge is 0.316 e. The van der Waals surface area contributed by atoms with Gasteiger partial charge in [-0.05, 0) is 44.2 Å². The molecule has 2 heteroatoms. The van der Waals surface area contributed by atoms with Crippen molar-refractivity contribution in [2.75, 3.05) is 19.8 Å². The lowest BCUT2D eigenvalue weighted by atomic mass is 10.1. The average Bonchev–Trinajstić information content (AvgIpc) is 2.45. The van der Waals surface area contributed by atoms with Gasteiger partial charge >= 0.3 is 0 Å². The summed E-state index contributed by atoms with van der Waals surface area (Å²) in [6.45, 7) is 4.08. The lowest BCUT2D eigenvalue weighted by Crippen LogP contribution is -2.22. The van der Waals surface area contributed by atoms with Crippen molar-refractivity contribution < 1.29 is 4.39 Å². The Labute approximate surface area is 74.7 Å². The van der Waals surface area contributed by atoms with Crippen LogP contribution >= 0.6 is 0 Å². The van der Waals surface area contributed by atoms with Crippen molar-refractivity contribution >= 4 is 0 Å². The van der Waals surface area contributed by atoms with Crippen LogP contribution in [0.4, 0.5) is 4.39 Å². The minimum Gasteiger partial charge on any atom is -0.316 e. The molecule has 2 atom stereocenters. The second-order valence-electron chi connectivity index (χ2n) is 4.03. The highest BCUT2D eigenvalue weighted by atomic mass is 19.1. The van der Waals surface area contributed by atoms with E-state index >= 15 is 0 Å². The fourth-order valence-electron chi connectivity index (χ4n) is 2.01. The van der Waals surface area contributed by atoms with Crippen LogP contribution in [0.3, 0.4) is 0 Å². The molecule has 0 heterocycles. The van der Waals surface area contributed by atoms with Crippen molar-refractivity contribution in [1.29, 1.82) is 0 Å². The number of nitrogens with one attached hydrogen (secondary N) is 1. The maximum Gasteiger partial charge on any atom is 0.0906 e. The maximum absolute atomic E-state index is 11.7. The van der Waals surface area contributed by atoms with Crippen LogP contribution in [0.2, 0.25) is 0 Å². The summed E-state index contributed by atoms with van der Waals surface area (Å²) in [5.74, 6) is 1.78. The number of hydrogen-bond donors (Lipinski definition) is 1. The highest BCUT2D eigenvalue weighted by molar-refractivity contribution is 4.74. The summed E-state index contributed by atoms with van der Waals surface area (Å²) in [6, 6.07) is 0. The Bertz CT molecular complexity index is 116. The number of hydrogen-bond acceptors (Lipinski definition) is 1. The van der Waals surface area contributed by atoms with Gasteiger partial charge in [0.1, 0.15) is 0 Å². The second-order valence-corrected chi connectivity index (χ2v) is 4.03. The highest BCUT2D eigenvalue weighted by Crippen LogP contribution is 2.29. The molecule has 0 aromatic heterocycles. The van der Waals surface area contributed by atoms with Crippen molar-refractivity contribution in [1.82, 2.24) is 5.32 Å². The van der Waals surface area contributed by atoms with E-state index in [0.29, 0.717) is 6.42 Å². The summed E-state index contributed by atoms with van der Waals surface area (Å²) in [5, 5.41) is 3.31. The summed E-state index contributed by atoms with van der Waals surface area (Å²) in [6.07, 6.45) is 4.78. The Kier molecular flexibility index (Phi) is 4.59. The zero-order chi connectivity index (χ0) is 8.81. The minimum atomic E-state index is -0.186. The van der Waals surface area contributed by atoms with E-state index in [2.05, 4.69) is 12.2 Å². The third-order valence-corrected chi connectivity index (χ3v) is 2.72. The zero-order valence-corrected chi connectivity index (χ0v) is 7.98. The minimum absolute atomic E-state index is 0.186. The molecule has 1 aliphatic rings. The average molecular weight is 173 g/mol. The van der Waals surface area contributed by atoms with E-state index in [1.54, 1.807) is 0 Å². The number of rotatable bonds is 5. The predicted octanol–water partition coefficient (Wildman–Crippen LogP) is 2.37. The topological polar surface area (TPSA) is 12.0 Å². The molecule has 0 aliphatic heterocycles. The first-order valence-electron chi connectivity index (χ1n) is 5.09. The molecule has 0 spiro atoms. The third kappa shape index (κ3) is 3.53. The van der Waals surface area contributed by atoms with E-state index in [0.717, 1.165) is 24.9 Å². The van der Waals surface area contributed by atoms with Crippen LogP contribution in [0.1, 0.15) is 32.6 Å². The molecule has 12 heavy (non-hydrogen) atoms. The SMILES string of the molecule is CC1CCC(CNCCCF)C1. The van der Waals surface area contributed by atoms with E-state index in [9.17, 15) is 4.39 Å². The Hall–Kier alpha value is -0.110. The van der Waals surface area contributed by atoms with Gasteiger partial charge in [-0.2, -0.15) is 0 Å². The quantitative estimate of drug-likeness (QED) is 0.629. The molecule has 0 aromatic rings. The first-order valence-corrected chi connectivity index (χ1v) is 5.09. The van der Waals surface area contributed by atoms with E-state index in [1.165, 1.54) is 19.3 Å². The van der Waals surface area contributed by atoms with Crippen molar-refractivity contribution in [2.24, 2.45) is 11.8 Å². The Morgan fingerprint density at radius 3 is 2.83 bits per heavy atom. The van der Waals surface area contributed by atoms with E-state index in [1.807, 2.05) is 0 Å². The van der Waals surface area contributed by atoms with Crippen LogP contribution < -0.4 is 5.32 Å². The van der Waals surface area contributed by atoms with Gasteiger partial charge in [0, 0.05) is 0 Å². The van der Waals surface area contributed by atoms with Crippen LogP contribution in [0.15, 0.2) is 0 Å². The Morgan fingerprint density at radius 2 is 2.25 bits per heavy atom. The molecule has 0 radical (unpaired) electrons. The van der Waals surface area contributed by atoms with Gasteiger partial charge in [0.05, 0.1) is 6.67 Å². The molecule has 0 saturated heterocycles. The Morgan fingerprint density at radius 1 is 1.42 bits per heavy atom. The standard InChI is InChI=1S/C10H20FN/c1-9-3-4-10(7-9)8-12-6-2-5-11/h9-10,12H,2-8H2,1H3. The lowest BCUT2D eigenvalue weighted by molar-refractivity contribution is 0.431. The molecule has 2 unspecified atom stereocenters. The van der Waals surface area contributed by atoms with E-state index in [4.69, 9.17) is 0 Å².